The first-order valence-corrected chi connectivity index (χ1v) is 14.1. The summed E-state index contributed by atoms with van der Waals surface area (Å²) in [4.78, 5) is 29.5. The predicted octanol–water partition coefficient (Wildman–Crippen LogP) is 6.37. The highest BCUT2D eigenvalue weighted by molar-refractivity contribution is 5.88. The molecule has 1 aliphatic rings. The van der Waals surface area contributed by atoms with E-state index in [-0.39, 0.29) is 29.9 Å². The highest BCUT2D eigenvalue weighted by Crippen LogP contribution is 2.31. The molecule has 1 atom stereocenters. The maximum atomic E-state index is 14.0. The fraction of sp³-hybridized carbons (Fsp3) is 0.412. The van der Waals surface area contributed by atoms with Crippen LogP contribution in [0.25, 0.3) is 0 Å². The van der Waals surface area contributed by atoms with Crippen LogP contribution in [0.15, 0.2) is 78.9 Å². The molecule has 0 aliphatic heterocycles. The van der Waals surface area contributed by atoms with E-state index in [4.69, 9.17) is 4.74 Å². The molecule has 4 rings (SSSR count). The normalized spacial score (nSPS) is 14.6. The molecule has 0 bridgehead atoms. The molecule has 2 amide bonds. The fourth-order valence-electron chi connectivity index (χ4n) is 5.33. The van der Waals surface area contributed by atoms with Crippen LogP contribution in [0, 0.1) is 6.92 Å². The van der Waals surface area contributed by atoms with Gasteiger partial charge in [-0.2, -0.15) is 0 Å². The van der Waals surface area contributed by atoms with E-state index < -0.39 is 6.04 Å². The summed E-state index contributed by atoms with van der Waals surface area (Å²) in [5.74, 6) is 0.399. The van der Waals surface area contributed by atoms with Crippen molar-refractivity contribution in [1.82, 2.24) is 10.2 Å². The van der Waals surface area contributed by atoms with Crippen LogP contribution >= 0.6 is 0 Å². The molecule has 0 radical (unpaired) electrons. The van der Waals surface area contributed by atoms with E-state index in [0.717, 1.165) is 47.9 Å². The molecule has 1 fully saturated rings. The van der Waals surface area contributed by atoms with E-state index in [1.54, 1.807) is 4.90 Å². The molecule has 0 unspecified atom stereocenters. The molecule has 0 heterocycles. The zero-order valence-corrected chi connectivity index (χ0v) is 23.8. The van der Waals surface area contributed by atoms with Crippen LogP contribution in [-0.4, -0.2) is 35.4 Å². The van der Waals surface area contributed by atoms with Gasteiger partial charge in [0.05, 0.1) is 0 Å². The number of carbonyl (C=O) groups excluding carboxylic acids is 2. The summed E-state index contributed by atoms with van der Waals surface area (Å²) in [5, 5.41) is 3.26. The van der Waals surface area contributed by atoms with Crippen LogP contribution in [0.1, 0.15) is 68.7 Å². The van der Waals surface area contributed by atoms with E-state index in [2.05, 4.69) is 26.1 Å². The van der Waals surface area contributed by atoms with Crippen LogP contribution in [0.5, 0.6) is 5.75 Å². The van der Waals surface area contributed by atoms with Gasteiger partial charge >= 0.3 is 0 Å². The molecule has 206 valence electrons. The summed E-state index contributed by atoms with van der Waals surface area (Å²) < 4.78 is 6.17. The summed E-state index contributed by atoms with van der Waals surface area (Å²) in [5.41, 5.74) is 4.04. The van der Waals surface area contributed by atoms with Crippen molar-refractivity contribution in [3.05, 3.63) is 101 Å². The Balaban J connectivity index is 1.64. The number of hydrogen-bond donors (Lipinski definition) is 1. The third-order valence-electron chi connectivity index (χ3n) is 7.62. The Morgan fingerprint density at radius 3 is 2.26 bits per heavy atom. The first kappa shape index (κ1) is 28.4. The van der Waals surface area contributed by atoms with E-state index in [1.807, 2.05) is 85.8 Å². The molecule has 0 spiro atoms. The highest BCUT2D eigenvalue weighted by Gasteiger charge is 2.33. The lowest BCUT2D eigenvalue weighted by atomic mass is 9.86. The number of aryl methyl sites for hydroxylation is 1. The second-order valence-electron chi connectivity index (χ2n) is 11.7. The number of rotatable bonds is 10. The lowest BCUT2D eigenvalue weighted by Crippen LogP contribution is -2.53. The molecule has 1 aliphatic carbocycles. The Kier molecular flexibility index (Phi) is 9.45. The van der Waals surface area contributed by atoms with Crippen molar-refractivity contribution in [3.8, 4) is 5.75 Å². The molecule has 1 N–H and O–H groups in total. The van der Waals surface area contributed by atoms with Gasteiger partial charge in [0.15, 0.2) is 6.61 Å². The monoisotopic (exact) mass is 526 g/mol. The Morgan fingerprint density at radius 2 is 1.56 bits per heavy atom. The number of hydrogen-bond acceptors (Lipinski definition) is 3. The maximum Gasteiger partial charge on any atom is 0.261 e. The molecule has 1 saturated carbocycles. The van der Waals surface area contributed by atoms with E-state index in [0.29, 0.717) is 18.7 Å². The zero-order valence-electron chi connectivity index (χ0n) is 23.8. The van der Waals surface area contributed by atoms with Gasteiger partial charge in [-0.25, -0.2) is 0 Å². The van der Waals surface area contributed by atoms with Crippen molar-refractivity contribution in [2.24, 2.45) is 0 Å². The number of amides is 2. The SMILES string of the molecule is Cc1ccccc1CN(C(=O)COc1ccccc1C(C)(C)C)[C@@H](Cc1ccccc1)C(=O)NC1CCCC1. The van der Waals surface area contributed by atoms with Crippen molar-refractivity contribution < 1.29 is 14.3 Å². The van der Waals surface area contributed by atoms with Gasteiger partial charge in [0.2, 0.25) is 5.91 Å². The lowest BCUT2D eigenvalue weighted by Gasteiger charge is -2.33. The average molecular weight is 527 g/mol. The Bertz CT molecular complexity index is 1240. The first-order chi connectivity index (χ1) is 18.7. The largest absolute Gasteiger partial charge is 0.483 e. The quantitative estimate of drug-likeness (QED) is 0.334. The zero-order chi connectivity index (χ0) is 27.8. The first-order valence-electron chi connectivity index (χ1n) is 14.1. The van der Waals surface area contributed by atoms with Crippen molar-refractivity contribution in [1.29, 1.82) is 0 Å². The number of para-hydroxylation sites is 1. The summed E-state index contributed by atoms with van der Waals surface area (Å²) >= 11 is 0. The third-order valence-corrected chi connectivity index (χ3v) is 7.62. The van der Waals surface area contributed by atoms with E-state index >= 15 is 0 Å². The number of ether oxygens (including phenoxy) is 1. The van der Waals surface area contributed by atoms with Gasteiger partial charge in [0.25, 0.3) is 5.91 Å². The van der Waals surface area contributed by atoms with Gasteiger partial charge in [-0.05, 0) is 53.5 Å². The lowest BCUT2D eigenvalue weighted by molar-refractivity contribution is -0.143. The van der Waals surface area contributed by atoms with Crippen LogP contribution < -0.4 is 10.1 Å². The Hall–Kier alpha value is -3.60. The minimum absolute atomic E-state index is 0.0946. The van der Waals surface area contributed by atoms with Gasteiger partial charge in [0.1, 0.15) is 11.8 Å². The van der Waals surface area contributed by atoms with Gasteiger partial charge in [-0.15, -0.1) is 0 Å². The average Bonchev–Trinajstić information content (AvgIpc) is 3.43. The van der Waals surface area contributed by atoms with Crippen LogP contribution in [0.2, 0.25) is 0 Å². The third kappa shape index (κ3) is 7.72. The van der Waals surface area contributed by atoms with E-state index in [9.17, 15) is 9.59 Å². The maximum absolute atomic E-state index is 14.0. The fourth-order valence-corrected chi connectivity index (χ4v) is 5.33. The summed E-state index contributed by atoms with van der Waals surface area (Å²) in [6.45, 7) is 8.63. The second kappa shape index (κ2) is 13.0. The topological polar surface area (TPSA) is 58.6 Å². The molecule has 3 aromatic carbocycles. The van der Waals surface area contributed by atoms with E-state index in [1.165, 1.54) is 0 Å². The molecule has 3 aromatic rings. The van der Waals surface area contributed by atoms with Crippen molar-refractivity contribution in [3.63, 3.8) is 0 Å². The second-order valence-corrected chi connectivity index (χ2v) is 11.7. The number of nitrogens with one attached hydrogen (secondary N) is 1. The van der Waals surface area contributed by atoms with Crippen LogP contribution in [-0.2, 0) is 28.0 Å². The molecule has 0 saturated heterocycles. The molecular weight excluding hydrogens is 484 g/mol. The van der Waals surface area contributed by atoms with Crippen molar-refractivity contribution in [2.75, 3.05) is 6.61 Å². The summed E-state index contributed by atoms with van der Waals surface area (Å²) in [7, 11) is 0. The molecule has 39 heavy (non-hydrogen) atoms. The molecule has 0 aromatic heterocycles. The Labute approximate surface area is 233 Å². The van der Waals surface area contributed by atoms with Gasteiger partial charge in [-0.1, -0.05) is 106 Å². The standard InChI is InChI=1S/C34H42N2O3/c1-25-14-8-9-17-27(25)23-36(32(37)24-39-31-21-13-12-20-29(31)34(2,3)4)30(22-26-15-6-5-7-16-26)33(38)35-28-18-10-11-19-28/h5-9,12-17,20-21,28,30H,10-11,18-19,22-24H2,1-4H3,(H,35,38)/t30-/m0/s1. The number of carbonyl (C=O) groups is 2. The van der Waals surface area contributed by atoms with Crippen molar-refractivity contribution in [2.45, 2.75) is 83.8 Å². The molecule has 5 nitrogen and oxygen atoms in total. The highest BCUT2D eigenvalue weighted by atomic mass is 16.5. The molecule has 5 heteroatoms. The summed E-state index contributed by atoms with van der Waals surface area (Å²) in [6, 6.07) is 25.4. The predicted molar refractivity (Wildman–Crippen MR) is 157 cm³/mol. The molecular formula is C34H42N2O3. The number of nitrogens with zero attached hydrogens (tertiary/aromatic N) is 1. The minimum Gasteiger partial charge on any atom is -0.483 e. The van der Waals surface area contributed by atoms with Gasteiger partial charge in [-0.3, -0.25) is 9.59 Å². The van der Waals surface area contributed by atoms with Crippen LogP contribution in [0.4, 0.5) is 0 Å². The van der Waals surface area contributed by atoms with Gasteiger partial charge in [0, 0.05) is 19.0 Å². The Morgan fingerprint density at radius 1 is 0.923 bits per heavy atom. The van der Waals surface area contributed by atoms with Crippen LogP contribution in [0.3, 0.4) is 0 Å². The van der Waals surface area contributed by atoms with Crippen molar-refractivity contribution >= 4 is 11.8 Å². The summed E-state index contributed by atoms with van der Waals surface area (Å²) in [6.07, 6.45) is 4.67. The van der Waals surface area contributed by atoms with Gasteiger partial charge < -0.3 is 15.0 Å². The number of benzene rings is 3. The smallest absolute Gasteiger partial charge is 0.261 e. The minimum atomic E-state index is -0.651.